The molecule has 1 heterocycles. The summed E-state index contributed by atoms with van der Waals surface area (Å²) in [5.74, 6) is 0.439. The smallest absolute Gasteiger partial charge is 0.124 e. The average Bonchev–Trinajstić information content (AvgIpc) is 2.70. The summed E-state index contributed by atoms with van der Waals surface area (Å²) >= 11 is 16.7. The van der Waals surface area contributed by atoms with Crippen molar-refractivity contribution >= 4 is 50.5 Å². The van der Waals surface area contributed by atoms with Crippen LogP contribution in [0.4, 0.5) is 0 Å². The molecular weight excluding hydrogens is 317 g/mol. The zero-order valence-corrected chi connectivity index (χ0v) is 11.4. The highest BCUT2D eigenvalue weighted by Crippen LogP contribution is 2.32. The highest BCUT2D eigenvalue weighted by atomic mass is 79.9. The molecular formula is C10H6BrCl2NS. The van der Waals surface area contributed by atoms with Gasteiger partial charge in [-0.25, -0.2) is 4.98 Å². The summed E-state index contributed by atoms with van der Waals surface area (Å²) in [7, 11) is 0. The predicted molar refractivity (Wildman–Crippen MR) is 69.8 cm³/mol. The number of halogens is 3. The maximum atomic E-state index is 5.94. The number of hydrogen-bond donors (Lipinski definition) is 0. The van der Waals surface area contributed by atoms with Crippen LogP contribution in [0.1, 0.15) is 5.69 Å². The third-order valence-corrected chi connectivity index (χ3v) is 3.97. The lowest BCUT2D eigenvalue weighted by atomic mass is 10.2. The minimum atomic E-state index is 0.439. The molecule has 0 radical (unpaired) electrons. The Kier molecular flexibility index (Phi) is 3.67. The average molecular weight is 323 g/mol. The maximum absolute atomic E-state index is 5.94. The molecule has 0 amide bonds. The molecule has 0 atom stereocenters. The van der Waals surface area contributed by atoms with Crippen LogP contribution in [-0.2, 0) is 5.88 Å². The SMILES string of the molecule is ClCc1csc(-c2cc(Cl)ccc2Br)n1. The lowest BCUT2D eigenvalue weighted by Gasteiger charge is -2.00. The van der Waals surface area contributed by atoms with Gasteiger partial charge in [0.2, 0.25) is 0 Å². The fraction of sp³-hybridized carbons (Fsp3) is 0.100. The van der Waals surface area contributed by atoms with Crippen molar-refractivity contribution in [2.24, 2.45) is 0 Å². The van der Waals surface area contributed by atoms with E-state index in [0.717, 1.165) is 20.7 Å². The summed E-state index contributed by atoms with van der Waals surface area (Å²) in [6.07, 6.45) is 0. The molecule has 5 heteroatoms. The first-order valence-electron chi connectivity index (χ1n) is 4.16. The first-order chi connectivity index (χ1) is 7.20. The first-order valence-corrected chi connectivity index (χ1v) is 6.75. The van der Waals surface area contributed by atoms with E-state index in [2.05, 4.69) is 20.9 Å². The third kappa shape index (κ3) is 2.53. The van der Waals surface area contributed by atoms with Crippen LogP contribution in [0, 0.1) is 0 Å². The van der Waals surface area contributed by atoms with E-state index in [4.69, 9.17) is 23.2 Å². The summed E-state index contributed by atoms with van der Waals surface area (Å²) in [6.45, 7) is 0. The van der Waals surface area contributed by atoms with E-state index in [9.17, 15) is 0 Å². The Bertz CT molecular complexity index is 484. The Hall–Kier alpha value is -0.0900. The van der Waals surface area contributed by atoms with E-state index in [1.807, 2.05) is 23.6 Å². The molecule has 0 N–H and O–H groups in total. The Labute approximate surface area is 110 Å². The van der Waals surface area contributed by atoms with Gasteiger partial charge in [-0.1, -0.05) is 27.5 Å². The molecule has 0 fully saturated rings. The highest BCUT2D eigenvalue weighted by Gasteiger charge is 2.08. The molecule has 2 rings (SSSR count). The molecule has 1 aromatic carbocycles. The number of hydrogen-bond acceptors (Lipinski definition) is 2. The van der Waals surface area contributed by atoms with Crippen molar-refractivity contribution in [1.29, 1.82) is 0 Å². The molecule has 0 aliphatic rings. The normalized spacial score (nSPS) is 10.6. The third-order valence-electron chi connectivity index (χ3n) is 1.85. The number of aromatic nitrogens is 1. The Morgan fingerprint density at radius 1 is 1.40 bits per heavy atom. The largest absolute Gasteiger partial charge is 0.240 e. The van der Waals surface area contributed by atoms with Gasteiger partial charge in [-0.3, -0.25) is 0 Å². The van der Waals surface area contributed by atoms with Gasteiger partial charge in [0.05, 0.1) is 11.6 Å². The molecule has 78 valence electrons. The van der Waals surface area contributed by atoms with Crippen molar-refractivity contribution in [3.63, 3.8) is 0 Å². The Morgan fingerprint density at radius 2 is 2.20 bits per heavy atom. The van der Waals surface area contributed by atoms with Gasteiger partial charge in [0.1, 0.15) is 5.01 Å². The van der Waals surface area contributed by atoms with Crippen molar-refractivity contribution in [3.05, 3.63) is 38.8 Å². The van der Waals surface area contributed by atoms with Crippen LogP contribution in [0.25, 0.3) is 10.6 Å². The van der Waals surface area contributed by atoms with E-state index in [1.54, 1.807) is 11.3 Å². The molecule has 0 unspecified atom stereocenters. The van der Waals surface area contributed by atoms with Crippen LogP contribution >= 0.6 is 50.5 Å². The van der Waals surface area contributed by atoms with Gasteiger partial charge < -0.3 is 0 Å². The number of benzene rings is 1. The minimum Gasteiger partial charge on any atom is -0.240 e. The van der Waals surface area contributed by atoms with Gasteiger partial charge in [0.15, 0.2) is 0 Å². The Balaban J connectivity index is 2.48. The van der Waals surface area contributed by atoms with Gasteiger partial charge in [-0.15, -0.1) is 22.9 Å². The standard InChI is InChI=1S/C10H6BrCl2NS/c11-9-2-1-6(13)3-8(9)10-14-7(4-12)5-15-10/h1-3,5H,4H2. The zero-order chi connectivity index (χ0) is 10.8. The minimum absolute atomic E-state index is 0.439. The van der Waals surface area contributed by atoms with Crippen molar-refractivity contribution in [2.45, 2.75) is 5.88 Å². The van der Waals surface area contributed by atoms with Crippen molar-refractivity contribution in [3.8, 4) is 10.6 Å². The topological polar surface area (TPSA) is 12.9 Å². The van der Waals surface area contributed by atoms with Crippen LogP contribution in [0.15, 0.2) is 28.1 Å². The van der Waals surface area contributed by atoms with Crippen LogP contribution in [0.3, 0.4) is 0 Å². The fourth-order valence-electron chi connectivity index (χ4n) is 1.15. The van der Waals surface area contributed by atoms with Crippen LogP contribution in [0.2, 0.25) is 5.02 Å². The van der Waals surface area contributed by atoms with E-state index < -0.39 is 0 Å². The number of nitrogens with zero attached hydrogens (tertiary/aromatic N) is 1. The van der Waals surface area contributed by atoms with Crippen LogP contribution in [-0.4, -0.2) is 4.98 Å². The molecule has 1 nitrogen and oxygen atoms in total. The molecule has 0 saturated carbocycles. The summed E-state index contributed by atoms with van der Waals surface area (Å²) in [6, 6.07) is 5.65. The number of alkyl halides is 1. The second kappa shape index (κ2) is 4.83. The lowest BCUT2D eigenvalue weighted by molar-refractivity contribution is 1.23. The van der Waals surface area contributed by atoms with Crippen molar-refractivity contribution < 1.29 is 0 Å². The monoisotopic (exact) mass is 321 g/mol. The molecule has 0 saturated heterocycles. The molecule has 0 spiro atoms. The summed E-state index contributed by atoms with van der Waals surface area (Å²) in [4.78, 5) is 4.40. The fourth-order valence-corrected chi connectivity index (χ4v) is 2.97. The number of thiazole rings is 1. The van der Waals surface area contributed by atoms with E-state index in [-0.39, 0.29) is 0 Å². The Morgan fingerprint density at radius 3 is 2.87 bits per heavy atom. The second-order valence-electron chi connectivity index (χ2n) is 2.90. The second-order valence-corrected chi connectivity index (χ2v) is 5.32. The molecule has 0 bridgehead atoms. The predicted octanol–water partition coefficient (Wildman–Crippen LogP) is 4.96. The number of rotatable bonds is 2. The van der Waals surface area contributed by atoms with Crippen molar-refractivity contribution in [2.75, 3.05) is 0 Å². The van der Waals surface area contributed by atoms with Gasteiger partial charge in [0.25, 0.3) is 0 Å². The van der Waals surface area contributed by atoms with Gasteiger partial charge in [-0.2, -0.15) is 0 Å². The quantitative estimate of drug-likeness (QED) is 0.712. The van der Waals surface area contributed by atoms with E-state index in [1.165, 1.54) is 0 Å². The van der Waals surface area contributed by atoms with Gasteiger partial charge in [-0.05, 0) is 18.2 Å². The molecule has 1 aromatic heterocycles. The summed E-state index contributed by atoms with van der Waals surface area (Å²) in [5, 5.41) is 3.59. The molecule has 0 aliphatic heterocycles. The van der Waals surface area contributed by atoms with Gasteiger partial charge >= 0.3 is 0 Å². The molecule has 2 aromatic rings. The first kappa shape index (κ1) is 11.4. The van der Waals surface area contributed by atoms with E-state index in [0.29, 0.717) is 10.9 Å². The summed E-state index contributed by atoms with van der Waals surface area (Å²) < 4.78 is 0.988. The molecule has 0 aliphatic carbocycles. The van der Waals surface area contributed by atoms with Crippen LogP contribution < -0.4 is 0 Å². The zero-order valence-electron chi connectivity index (χ0n) is 7.51. The van der Waals surface area contributed by atoms with Crippen LogP contribution in [0.5, 0.6) is 0 Å². The van der Waals surface area contributed by atoms with E-state index >= 15 is 0 Å². The lowest BCUT2D eigenvalue weighted by Crippen LogP contribution is -1.81. The molecule has 15 heavy (non-hydrogen) atoms. The summed E-state index contributed by atoms with van der Waals surface area (Å²) in [5.41, 5.74) is 1.90. The van der Waals surface area contributed by atoms with Gasteiger partial charge in [0, 0.05) is 20.4 Å². The van der Waals surface area contributed by atoms with Crippen molar-refractivity contribution in [1.82, 2.24) is 4.98 Å². The maximum Gasteiger partial charge on any atom is 0.124 e. The highest BCUT2D eigenvalue weighted by molar-refractivity contribution is 9.10.